The highest BCUT2D eigenvalue weighted by Gasteiger charge is 2.13. The molecule has 84 valence electrons. The molecule has 0 aliphatic heterocycles. The van der Waals surface area contributed by atoms with Crippen LogP contribution in [-0.4, -0.2) is 9.55 Å². The van der Waals surface area contributed by atoms with Crippen molar-refractivity contribution in [3.63, 3.8) is 0 Å². The average molecular weight is 236 g/mol. The van der Waals surface area contributed by atoms with Crippen molar-refractivity contribution in [2.75, 3.05) is 0 Å². The molecule has 16 heavy (non-hydrogen) atoms. The number of aromatic nitrogens is 2. The molecule has 0 saturated heterocycles. The van der Waals surface area contributed by atoms with E-state index in [2.05, 4.69) is 4.98 Å². The molecule has 0 fully saturated rings. The van der Waals surface area contributed by atoms with Crippen LogP contribution in [0.3, 0.4) is 0 Å². The molecule has 0 bridgehead atoms. The third-order valence-electron chi connectivity index (χ3n) is 2.79. The van der Waals surface area contributed by atoms with Crippen LogP contribution in [0.4, 0.5) is 0 Å². The van der Waals surface area contributed by atoms with Crippen LogP contribution in [0.25, 0.3) is 11.4 Å². The monoisotopic (exact) mass is 235 g/mol. The van der Waals surface area contributed by atoms with E-state index in [0.29, 0.717) is 11.6 Å². The first kappa shape index (κ1) is 11.2. The van der Waals surface area contributed by atoms with E-state index in [0.717, 1.165) is 22.8 Å². The molecule has 0 aliphatic rings. The Morgan fingerprint density at radius 1 is 1.38 bits per heavy atom. The van der Waals surface area contributed by atoms with Gasteiger partial charge in [0.25, 0.3) is 0 Å². The highest BCUT2D eigenvalue weighted by molar-refractivity contribution is 6.33. The summed E-state index contributed by atoms with van der Waals surface area (Å²) in [6.07, 6.45) is 0. The maximum atomic E-state index is 6.15. The number of hydrogen-bond donors (Lipinski definition) is 1. The molecule has 1 aromatic carbocycles. The van der Waals surface area contributed by atoms with Gasteiger partial charge in [0.2, 0.25) is 0 Å². The molecule has 1 heterocycles. The number of rotatable bonds is 2. The summed E-state index contributed by atoms with van der Waals surface area (Å²) >= 11 is 6.15. The van der Waals surface area contributed by atoms with Crippen molar-refractivity contribution in [2.45, 2.75) is 13.5 Å². The number of benzene rings is 1. The smallest absolute Gasteiger partial charge is 0.141 e. The summed E-state index contributed by atoms with van der Waals surface area (Å²) in [5, 5.41) is 0.708. The topological polar surface area (TPSA) is 43.8 Å². The standard InChI is InChI=1S/C12H14ClN3/c1-8-11(7-14)15-12(16(8)2)9-5-3-4-6-10(9)13/h3-6H,7,14H2,1-2H3. The molecule has 2 aromatic rings. The number of nitrogens with two attached hydrogens (primary N) is 1. The fraction of sp³-hybridized carbons (Fsp3) is 0.250. The maximum absolute atomic E-state index is 6.15. The Morgan fingerprint density at radius 2 is 2.06 bits per heavy atom. The summed E-state index contributed by atoms with van der Waals surface area (Å²) < 4.78 is 2.02. The first-order valence-electron chi connectivity index (χ1n) is 5.12. The lowest BCUT2D eigenvalue weighted by molar-refractivity contribution is 0.873. The van der Waals surface area contributed by atoms with E-state index in [1.165, 1.54) is 0 Å². The van der Waals surface area contributed by atoms with Crippen molar-refractivity contribution in [2.24, 2.45) is 12.8 Å². The Kier molecular flexibility index (Phi) is 2.99. The number of hydrogen-bond acceptors (Lipinski definition) is 2. The summed E-state index contributed by atoms with van der Waals surface area (Å²) in [6.45, 7) is 2.46. The van der Waals surface area contributed by atoms with Crippen molar-refractivity contribution in [3.05, 3.63) is 40.7 Å². The van der Waals surface area contributed by atoms with Crippen LogP contribution in [0.1, 0.15) is 11.4 Å². The van der Waals surface area contributed by atoms with Crippen LogP contribution in [-0.2, 0) is 13.6 Å². The van der Waals surface area contributed by atoms with E-state index < -0.39 is 0 Å². The van der Waals surface area contributed by atoms with Crippen molar-refractivity contribution in [1.82, 2.24) is 9.55 Å². The molecular formula is C12H14ClN3. The summed E-state index contributed by atoms with van der Waals surface area (Å²) in [5.41, 5.74) is 8.57. The molecule has 0 unspecified atom stereocenters. The third-order valence-corrected chi connectivity index (χ3v) is 3.12. The highest BCUT2D eigenvalue weighted by Crippen LogP contribution is 2.27. The number of halogens is 1. The van der Waals surface area contributed by atoms with Crippen LogP contribution in [0.15, 0.2) is 24.3 Å². The van der Waals surface area contributed by atoms with Gasteiger partial charge in [-0.05, 0) is 19.1 Å². The minimum Gasteiger partial charge on any atom is -0.331 e. The summed E-state index contributed by atoms with van der Waals surface area (Å²) in [6, 6.07) is 7.69. The SMILES string of the molecule is Cc1c(CN)nc(-c2ccccc2Cl)n1C. The van der Waals surface area contributed by atoms with Crippen LogP contribution in [0.5, 0.6) is 0 Å². The second-order valence-corrected chi connectivity index (χ2v) is 4.12. The Bertz CT molecular complexity index is 517. The zero-order valence-electron chi connectivity index (χ0n) is 9.37. The van der Waals surface area contributed by atoms with Gasteiger partial charge in [0.15, 0.2) is 0 Å². The van der Waals surface area contributed by atoms with E-state index in [1.807, 2.05) is 42.8 Å². The van der Waals surface area contributed by atoms with Gasteiger partial charge in [-0.3, -0.25) is 0 Å². The zero-order valence-corrected chi connectivity index (χ0v) is 10.1. The van der Waals surface area contributed by atoms with Crippen molar-refractivity contribution >= 4 is 11.6 Å². The van der Waals surface area contributed by atoms with Gasteiger partial charge in [-0.2, -0.15) is 0 Å². The normalized spacial score (nSPS) is 10.8. The van der Waals surface area contributed by atoms with Crippen LogP contribution < -0.4 is 5.73 Å². The van der Waals surface area contributed by atoms with E-state index in [4.69, 9.17) is 17.3 Å². The van der Waals surface area contributed by atoms with E-state index in [9.17, 15) is 0 Å². The van der Waals surface area contributed by atoms with Gasteiger partial charge in [-0.1, -0.05) is 23.7 Å². The quantitative estimate of drug-likeness (QED) is 0.869. The Morgan fingerprint density at radius 3 is 2.62 bits per heavy atom. The second kappa shape index (κ2) is 4.28. The van der Waals surface area contributed by atoms with Crippen LogP contribution in [0.2, 0.25) is 5.02 Å². The Hall–Kier alpha value is -1.32. The molecule has 0 saturated carbocycles. The van der Waals surface area contributed by atoms with Gasteiger partial charge < -0.3 is 10.3 Å². The molecule has 0 atom stereocenters. The summed E-state index contributed by atoms with van der Waals surface area (Å²) in [7, 11) is 1.97. The van der Waals surface area contributed by atoms with Crippen LogP contribution >= 0.6 is 11.6 Å². The predicted molar refractivity (Wildman–Crippen MR) is 66.3 cm³/mol. The largest absolute Gasteiger partial charge is 0.331 e. The van der Waals surface area contributed by atoms with Crippen molar-refractivity contribution < 1.29 is 0 Å². The maximum Gasteiger partial charge on any atom is 0.141 e. The van der Waals surface area contributed by atoms with Gasteiger partial charge >= 0.3 is 0 Å². The molecule has 4 heteroatoms. The molecule has 0 spiro atoms. The number of imidazole rings is 1. The molecule has 0 aliphatic carbocycles. The molecule has 2 N–H and O–H groups in total. The average Bonchev–Trinajstić information content (AvgIpc) is 2.57. The minimum absolute atomic E-state index is 0.449. The lowest BCUT2D eigenvalue weighted by atomic mass is 10.2. The van der Waals surface area contributed by atoms with Gasteiger partial charge in [0.1, 0.15) is 5.82 Å². The van der Waals surface area contributed by atoms with Gasteiger partial charge in [0, 0.05) is 24.8 Å². The molecule has 0 radical (unpaired) electrons. The van der Waals surface area contributed by atoms with Crippen LogP contribution in [0, 0.1) is 6.92 Å². The first-order valence-corrected chi connectivity index (χ1v) is 5.50. The zero-order chi connectivity index (χ0) is 11.7. The van der Waals surface area contributed by atoms with E-state index in [1.54, 1.807) is 0 Å². The number of nitrogens with zero attached hydrogens (tertiary/aromatic N) is 2. The third kappa shape index (κ3) is 1.72. The first-order chi connectivity index (χ1) is 7.65. The second-order valence-electron chi connectivity index (χ2n) is 3.71. The van der Waals surface area contributed by atoms with E-state index >= 15 is 0 Å². The Balaban J connectivity index is 2.61. The van der Waals surface area contributed by atoms with Gasteiger partial charge in [-0.25, -0.2) is 4.98 Å². The Labute approximate surface area is 99.9 Å². The molecule has 1 aromatic heterocycles. The predicted octanol–water partition coefficient (Wildman–Crippen LogP) is 2.51. The lowest BCUT2D eigenvalue weighted by Gasteiger charge is -2.04. The van der Waals surface area contributed by atoms with Gasteiger partial charge in [0.05, 0.1) is 10.7 Å². The molecule has 3 nitrogen and oxygen atoms in total. The van der Waals surface area contributed by atoms with Gasteiger partial charge in [-0.15, -0.1) is 0 Å². The molecule has 2 rings (SSSR count). The molecule has 0 amide bonds. The summed E-state index contributed by atoms with van der Waals surface area (Å²) in [4.78, 5) is 4.51. The van der Waals surface area contributed by atoms with Crippen molar-refractivity contribution in [1.29, 1.82) is 0 Å². The molecular weight excluding hydrogens is 222 g/mol. The minimum atomic E-state index is 0.449. The highest BCUT2D eigenvalue weighted by atomic mass is 35.5. The van der Waals surface area contributed by atoms with E-state index in [-0.39, 0.29) is 0 Å². The summed E-state index contributed by atoms with van der Waals surface area (Å²) in [5.74, 6) is 0.864. The van der Waals surface area contributed by atoms with Crippen molar-refractivity contribution in [3.8, 4) is 11.4 Å². The fourth-order valence-electron chi connectivity index (χ4n) is 1.71. The fourth-order valence-corrected chi connectivity index (χ4v) is 1.93. The lowest BCUT2D eigenvalue weighted by Crippen LogP contribution is -1.99.